The van der Waals surface area contributed by atoms with Gasteiger partial charge in [0.05, 0.1) is 13.7 Å². The van der Waals surface area contributed by atoms with Crippen LogP contribution < -0.4 is 25.6 Å². The number of carbonyl (C=O) groups is 3. The molecule has 3 amide bonds. The first kappa shape index (κ1) is 24.1. The number of rotatable bonds is 9. The van der Waals surface area contributed by atoms with E-state index in [1.807, 2.05) is 6.92 Å². The number of hydrogen-bond acceptors (Lipinski definition) is 5. The minimum atomic E-state index is -0.500. The third-order valence-corrected chi connectivity index (χ3v) is 5.51. The standard InChI is InChI=1S/C25H31N3O5/c1-15(2)10-11-33-21-9-8-18(14-22(21)32-4)24(30)28-27-23(29)17-6-5-7-19(13-17)26-25(31)20-12-16(20)3/h5-9,13-16,20H,10-12H2,1-4H3,(H,26,31)(H,27,29)(H,28,30). The van der Waals surface area contributed by atoms with Crippen molar-refractivity contribution in [2.75, 3.05) is 19.0 Å². The summed E-state index contributed by atoms with van der Waals surface area (Å²) < 4.78 is 11.1. The van der Waals surface area contributed by atoms with Gasteiger partial charge in [-0.2, -0.15) is 0 Å². The summed E-state index contributed by atoms with van der Waals surface area (Å²) in [7, 11) is 1.50. The van der Waals surface area contributed by atoms with E-state index in [2.05, 4.69) is 30.0 Å². The number of ether oxygens (including phenoxy) is 2. The molecule has 2 aromatic carbocycles. The Morgan fingerprint density at radius 3 is 2.27 bits per heavy atom. The molecule has 0 aliphatic heterocycles. The second-order valence-electron chi connectivity index (χ2n) is 8.69. The van der Waals surface area contributed by atoms with Gasteiger partial charge < -0.3 is 14.8 Å². The largest absolute Gasteiger partial charge is 0.493 e. The molecule has 1 aliphatic carbocycles. The van der Waals surface area contributed by atoms with Gasteiger partial charge in [-0.05, 0) is 61.1 Å². The van der Waals surface area contributed by atoms with Gasteiger partial charge in [0.1, 0.15) is 0 Å². The maximum atomic E-state index is 12.5. The van der Waals surface area contributed by atoms with E-state index >= 15 is 0 Å². The third-order valence-electron chi connectivity index (χ3n) is 5.51. The van der Waals surface area contributed by atoms with Crippen LogP contribution in [0.1, 0.15) is 54.3 Å². The van der Waals surface area contributed by atoms with Gasteiger partial charge in [0.2, 0.25) is 5.91 Å². The highest BCUT2D eigenvalue weighted by Crippen LogP contribution is 2.38. The molecular weight excluding hydrogens is 422 g/mol. The Morgan fingerprint density at radius 1 is 1.00 bits per heavy atom. The first-order chi connectivity index (χ1) is 15.8. The van der Waals surface area contributed by atoms with Crippen molar-refractivity contribution in [3.63, 3.8) is 0 Å². The van der Waals surface area contributed by atoms with Gasteiger partial charge in [0.25, 0.3) is 11.8 Å². The summed E-state index contributed by atoms with van der Waals surface area (Å²) >= 11 is 0. The van der Waals surface area contributed by atoms with Crippen molar-refractivity contribution in [3.05, 3.63) is 53.6 Å². The fourth-order valence-corrected chi connectivity index (χ4v) is 3.25. The van der Waals surface area contributed by atoms with E-state index in [1.165, 1.54) is 7.11 Å². The fraction of sp³-hybridized carbons (Fsp3) is 0.400. The van der Waals surface area contributed by atoms with E-state index in [9.17, 15) is 14.4 Å². The van der Waals surface area contributed by atoms with E-state index in [0.717, 1.165) is 12.8 Å². The normalized spacial score (nSPS) is 16.6. The predicted octanol–water partition coefficient (Wildman–Crippen LogP) is 3.79. The molecule has 8 nitrogen and oxygen atoms in total. The molecule has 2 unspecified atom stereocenters. The molecule has 0 saturated heterocycles. The molecule has 0 aromatic heterocycles. The summed E-state index contributed by atoms with van der Waals surface area (Å²) in [5, 5.41) is 2.83. The summed E-state index contributed by atoms with van der Waals surface area (Å²) in [5.74, 6) is 0.894. The molecule has 0 bridgehead atoms. The second-order valence-corrected chi connectivity index (χ2v) is 8.69. The van der Waals surface area contributed by atoms with Crippen molar-refractivity contribution in [2.24, 2.45) is 17.8 Å². The number of carbonyl (C=O) groups excluding carboxylic acids is 3. The van der Waals surface area contributed by atoms with Gasteiger partial charge in [0, 0.05) is 22.7 Å². The lowest BCUT2D eigenvalue weighted by Crippen LogP contribution is -2.41. The van der Waals surface area contributed by atoms with Gasteiger partial charge in [-0.3, -0.25) is 25.2 Å². The average Bonchev–Trinajstić information content (AvgIpc) is 3.54. The van der Waals surface area contributed by atoms with E-state index in [4.69, 9.17) is 9.47 Å². The van der Waals surface area contributed by atoms with Crippen LogP contribution in [0.25, 0.3) is 0 Å². The zero-order chi connectivity index (χ0) is 24.0. The Bertz CT molecular complexity index is 1020. The molecule has 3 N–H and O–H groups in total. The molecule has 0 heterocycles. The van der Waals surface area contributed by atoms with Gasteiger partial charge in [-0.25, -0.2) is 0 Å². The fourth-order valence-electron chi connectivity index (χ4n) is 3.25. The molecule has 0 radical (unpaired) electrons. The third kappa shape index (κ3) is 6.71. The quantitative estimate of drug-likeness (QED) is 0.501. The maximum Gasteiger partial charge on any atom is 0.269 e. The zero-order valence-electron chi connectivity index (χ0n) is 19.4. The summed E-state index contributed by atoms with van der Waals surface area (Å²) in [5.41, 5.74) is 5.95. The van der Waals surface area contributed by atoms with E-state index in [1.54, 1.807) is 42.5 Å². The molecule has 176 valence electrons. The average molecular weight is 454 g/mol. The van der Waals surface area contributed by atoms with Crippen LogP contribution >= 0.6 is 0 Å². The van der Waals surface area contributed by atoms with Gasteiger partial charge in [-0.1, -0.05) is 26.8 Å². The molecule has 8 heteroatoms. The van der Waals surface area contributed by atoms with Gasteiger partial charge >= 0.3 is 0 Å². The Labute approximate surface area is 194 Å². The number of hydrogen-bond donors (Lipinski definition) is 3. The highest BCUT2D eigenvalue weighted by molar-refractivity contribution is 6.01. The van der Waals surface area contributed by atoms with Crippen molar-refractivity contribution in [1.29, 1.82) is 0 Å². The molecule has 1 fully saturated rings. The van der Waals surface area contributed by atoms with Crippen molar-refractivity contribution >= 4 is 23.4 Å². The summed E-state index contributed by atoms with van der Waals surface area (Å²) in [6.45, 7) is 6.81. The molecule has 1 saturated carbocycles. The smallest absolute Gasteiger partial charge is 0.269 e. The molecule has 33 heavy (non-hydrogen) atoms. The highest BCUT2D eigenvalue weighted by atomic mass is 16.5. The number of amides is 3. The van der Waals surface area contributed by atoms with Crippen LogP contribution in [0.3, 0.4) is 0 Å². The van der Waals surface area contributed by atoms with Crippen LogP contribution in [0.4, 0.5) is 5.69 Å². The summed E-state index contributed by atoms with van der Waals surface area (Å²) in [6.07, 6.45) is 1.79. The second kappa shape index (κ2) is 10.8. The lowest BCUT2D eigenvalue weighted by atomic mass is 10.1. The van der Waals surface area contributed by atoms with Crippen LogP contribution in [0.15, 0.2) is 42.5 Å². The topological polar surface area (TPSA) is 106 Å². The molecule has 3 rings (SSSR count). The Balaban J connectivity index is 1.56. The Hall–Kier alpha value is -3.55. The minimum absolute atomic E-state index is 0.0331. The molecular formula is C25H31N3O5. The highest BCUT2D eigenvalue weighted by Gasteiger charge is 2.39. The summed E-state index contributed by atoms with van der Waals surface area (Å²) in [6, 6.07) is 11.4. The van der Waals surface area contributed by atoms with Crippen molar-refractivity contribution < 1.29 is 23.9 Å². The van der Waals surface area contributed by atoms with E-state index in [0.29, 0.717) is 46.8 Å². The lowest BCUT2D eigenvalue weighted by Gasteiger charge is -2.13. The van der Waals surface area contributed by atoms with Crippen LogP contribution in [0, 0.1) is 17.8 Å². The maximum absolute atomic E-state index is 12.5. The zero-order valence-corrected chi connectivity index (χ0v) is 19.4. The van der Waals surface area contributed by atoms with Crippen LogP contribution in [0.2, 0.25) is 0 Å². The molecule has 0 spiro atoms. The molecule has 2 atom stereocenters. The Kier molecular flexibility index (Phi) is 7.92. The Morgan fingerprint density at radius 2 is 1.67 bits per heavy atom. The number of benzene rings is 2. The van der Waals surface area contributed by atoms with E-state index < -0.39 is 11.8 Å². The minimum Gasteiger partial charge on any atom is -0.493 e. The van der Waals surface area contributed by atoms with Crippen molar-refractivity contribution in [1.82, 2.24) is 10.9 Å². The van der Waals surface area contributed by atoms with Crippen molar-refractivity contribution in [2.45, 2.75) is 33.6 Å². The van der Waals surface area contributed by atoms with E-state index in [-0.39, 0.29) is 11.8 Å². The van der Waals surface area contributed by atoms with Crippen molar-refractivity contribution in [3.8, 4) is 11.5 Å². The lowest BCUT2D eigenvalue weighted by molar-refractivity contribution is -0.117. The van der Waals surface area contributed by atoms with Crippen LogP contribution in [0.5, 0.6) is 11.5 Å². The van der Waals surface area contributed by atoms with Gasteiger partial charge in [-0.15, -0.1) is 0 Å². The number of anilines is 1. The number of hydrazine groups is 1. The monoisotopic (exact) mass is 453 g/mol. The van der Waals surface area contributed by atoms with Crippen LogP contribution in [-0.4, -0.2) is 31.4 Å². The predicted molar refractivity (Wildman–Crippen MR) is 125 cm³/mol. The van der Waals surface area contributed by atoms with Gasteiger partial charge in [0.15, 0.2) is 11.5 Å². The molecule has 2 aromatic rings. The number of nitrogens with one attached hydrogen (secondary N) is 3. The van der Waals surface area contributed by atoms with Crippen LogP contribution in [-0.2, 0) is 4.79 Å². The molecule has 1 aliphatic rings. The first-order valence-electron chi connectivity index (χ1n) is 11.1. The SMILES string of the molecule is COc1cc(C(=O)NNC(=O)c2cccc(NC(=O)C3CC3C)c2)ccc1OCCC(C)C. The summed E-state index contributed by atoms with van der Waals surface area (Å²) in [4.78, 5) is 37.1. The first-order valence-corrected chi connectivity index (χ1v) is 11.1. The number of methoxy groups -OCH3 is 1.